The highest BCUT2D eigenvalue weighted by Gasteiger charge is 2.24. The van der Waals surface area contributed by atoms with Crippen LogP contribution in [0.25, 0.3) is 5.82 Å². The Labute approximate surface area is 146 Å². The Balaban J connectivity index is 1.73. The van der Waals surface area contributed by atoms with Crippen molar-refractivity contribution in [3.63, 3.8) is 0 Å². The minimum Gasteiger partial charge on any atom is -0.369 e. The van der Waals surface area contributed by atoms with Gasteiger partial charge in [0.15, 0.2) is 5.82 Å². The van der Waals surface area contributed by atoms with Crippen LogP contribution in [-0.2, 0) is 4.79 Å². The van der Waals surface area contributed by atoms with E-state index in [1.165, 1.54) is 0 Å². The van der Waals surface area contributed by atoms with Crippen molar-refractivity contribution in [1.82, 2.24) is 24.6 Å². The van der Waals surface area contributed by atoms with Gasteiger partial charge in [0.1, 0.15) is 0 Å². The van der Waals surface area contributed by atoms with Gasteiger partial charge in [-0.05, 0) is 25.5 Å². The molecule has 0 radical (unpaired) electrons. The number of aromatic nitrogens is 3. The first kappa shape index (κ1) is 17.1. The van der Waals surface area contributed by atoms with Gasteiger partial charge in [-0.2, -0.15) is 5.10 Å². The molecule has 25 heavy (non-hydrogen) atoms. The second kappa shape index (κ2) is 7.43. The van der Waals surface area contributed by atoms with E-state index in [4.69, 9.17) is 5.73 Å². The van der Waals surface area contributed by atoms with Crippen LogP contribution in [-0.4, -0.2) is 69.1 Å². The SMILES string of the molecule is Cc1c(C(=O)N2CCCN(CC(N)=O)CC2)cnn1-c1ccccn1. The van der Waals surface area contributed by atoms with E-state index >= 15 is 0 Å². The first-order chi connectivity index (χ1) is 12.1. The number of primary amides is 1. The van der Waals surface area contributed by atoms with Crippen molar-refractivity contribution in [2.24, 2.45) is 5.73 Å². The van der Waals surface area contributed by atoms with E-state index in [9.17, 15) is 9.59 Å². The molecule has 0 spiro atoms. The van der Waals surface area contributed by atoms with Gasteiger partial charge in [0, 0.05) is 32.4 Å². The number of carbonyl (C=O) groups is 2. The largest absolute Gasteiger partial charge is 0.369 e. The molecule has 8 heteroatoms. The lowest BCUT2D eigenvalue weighted by Gasteiger charge is -2.21. The van der Waals surface area contributed by atoms with Crippen LogP contribution in [0.4, 0.5) is 0 Å². The lowest BCUT2D eigenvalue weighted by molar-refractivity contribution is -0.119. The van der Waals surface area contributed by atoms with E-state index in [-0.39, 0.29) is 18.4 Å². The van der Waals surface area contributed by atoms with Crippen LogP contribution in [0.5, 0.6) is 0 Å². The van der Waals surface area contributed by atoms with Gasteiger partial charge in [0.2, 0.25) is 5.91 Å². The van der Waals surface area contributed by atoms with Crippen molar-refractivity contribution >= 4 is 11.8 Å². The Kier molecular flexibility index (Phi) is 5.08. The summed E-state index contributed by atoms with van der Waals surface area (Å²) in [5.74, 6) is 0.301. The Morgan fingerprint density at radius 1 is 1.20 bits per heavy atom. The third kappa shape index (κ3) is 3.85. The lowest BCUT2D eigenvalue weighted by atomic mass is 10.2. The molecular weight excluding hydrogens is 320 g/mol. The van der Waals surface area contributed by atoms with Gasteiger partial charge in [-0.3, -0.25) is 14.5 Å². The van der Waals surface area contributed by atoms with Gasteiger partial charge in [-0.25, -0.2) is 9.67 Å². The standard InChI is InChI=1S/C17H22N6O2/c1-13-14(11-20-23(13)16-5-2-3-6-19-16)17(25)22-8-4-7-21(9-10-22)12-15(18)24/h2-3,5-6,11H,4,7-10,12H2,1H3,(H2,18,24). The Morgan fingerprint density at radius 3 is 2.76 bits per heavy atom. The second-order valence-electron chi connectivity index (χ2n) is 6.13. The van der Waals surface area contributed by atoms with Crippen molar-refractivity contribution in [3.05, 3.63) is 41.9 Å². The zero-order valence-corrected chi connectivity index (χ0v) is 14.3. The summed E-state index contributed by atoms with van der Waals surface area (Å²) in [5, 5.41) is 4.31. The summed E-state index contributed by atoms with van der Waals surface area (Å²) in [6.07, 6.45) is 4.10. The van der Waals surface area contributed by atoms with Gasteiger partial charge >= 0.3 is 0 Å². The molecule has 1 aliphatic heterocycles. The van der Waals surface area contributed by atoms with Gasteiger partial charge in [-0.15, -0.1) is 0 Å². The van der Waals surface area contributed by atoms with Crippen molar-refractivity contribution in [2.45, 2.75) is 13.3 Å². The molecule has 1 aliphatic rings. The second-order valence-corrected chi connectivity index (χ2v) is 6.13. The fourth-order valence-corrected chi connectivity index (χ4v) is 3.05. The quantitative estimate of drug-likeness (QED) is 0.856. The summed E-state index contributed by atoms with van der Waals surface area (Å²) < 4.78 is 1.67. The van der Waals surface area contributed by atoms with E-state index in [0.717, 1.165) is 18.7 Å². The molecule has 2 aromatic heterocycles. The molecule has 0 saturated carbocycles. The predicted octanol–water partition coefficient (Wildman–Crippen LogP) is 0.209. The molecule has 0 aromatic carbocycles. The van der Waals surface area contributed by atoms with E-state index in [1.54, 1.807) is 17.1 Å². The van der Waals surface area contributed by atoms with Crippen LogP contribution >= 0.6 is 0 Å². The van der Waals surface area contributed by atoms with Crippen LogP contribution < -0.4 is 5.73 Å². The van der Waals surface area contributed by atoms with E-state index in [2.05, 4.69) is 10.1 Å². The summed E-state index contributed by atoms with van der Waals surface area (Å²) in [7, 11) is 0. The highest BCUT2D eigenvalue weighted by molar-refractivity contribution is 5.95. The lowest BCUT2D eigenvalue weighted by Crippen LogP contribution is -2.38. The zero-order chi connectivity index (χ0) is 17.8. The van der Waals surface area contributed by atoms with Gasteiger partial charge in [-0.1, -0.05) is 6.07 Å². The number of hydrogen-bond acceptors (Lipinski definition) is 5. The monoisotopic (exact) mass is 342 g/mol. The van der Waals surface area contributed by atoms with Crippen LogP contribution in [0, 0.1) is 6.92 Å². The third-order valence-electron chi connectivity index (χ3n) is 4.36. The molecule has 0 unspecified atom stereocenters. The van der Waals surface area contributed by atoms with Gasteiger partial charge in [0.05, 0.1) is 24.0 Å². The van der Waals surface area contributed by atoms with Crippen LogP contribution in [0.1, 0.15) is 22.5 Å². The Morgan fingerprint density at radius 2 is 2.04 bits per heavy atom. The highest BCUT2D eigenvalue weighted by atomic mass is 16.2. The molecule has 0 atom stereocenters. The number of amides is 2. The molecule has 1 saturated heterocycles. The fourth-order valence-electron chi connectivity index (χ4n) is 3.05. The maximum absolute atomic E-state index is 12.9. The molecule has 0 aliphatic carbocycles. The van der Waals surface area contributed by atoms with Gasteiger partial charge < -0.3 is 10.6 Å². The first-order valence-electron chi connectivity index (χ1n) is 8.32. The average molecular weight is 342 g/mol. The zero-order valence-electron chi connectivity index (χ0n) is 14.3. The van der Waals surface area contributed by atoms with Gasteiger partial charge in [0.25, 0.3) is 5.91 Å². The first-order valence-corrected chi connectivity index (χ1v) is 8.32. The Bertz CT molecular complexity index is 758. The predicted molar refractivity (Wildman–Crippen MR) is 92.3 cm³/mol. The molecule has 3 rings (SSSR count). The maximum atomic E-state index is 12.9. The minimum atomic E-state index is -0.341. The molecule has 132 valence electrons. The van der Waals surface area contributed by atoms with Crippen LogP contribution in [0.2, 0.25) is 0 Å². The molecule has 2 amide bonds. The molecule has 8 nitrogen and oxygen atoms in total. The highest BCUT2D eigenvalue weighted by Crippen LogP contribution is 2.15. The van der Waals surface area contributed by atoms with Crippen LogP contribution in [0.3, 0.4) is 0 Å². The van der Waals surface area contributed by atoms with E-state index < -0.39 is 0 Å². The Hall–Kier alpha value is -2.74. The topological polar surface area (TPSA) is 97.4 Å². The van der Waals surface area contributed by atoms with Crippen molar-refractivity contribution < 1.29 is 9.59 Å². The number of rotatable bonds is 4. The molecule has 0 bridgehead atoms. The summed E-state index contributed by atoms with van der Waals surface area (Å²) >= 11 is 0. The number of hydrogen-bond donors (Lipinski definition) is 1. The maximum Gasteiger partial charge on any atom is 0.257 e. The van der Waals surface area contributed by atoms with Crippen molar-refractivity contribution in [2.75, 3.05) is 32.7 Å². The molecule has 2 N–H and O–H groups in total. The smallest absolute Gasteiger partial charge is 0.257 e. The van der Waals surface area contributed by atoms with Crippen molar-refractivity contribution in [1.29, 1.82) is 0 Å². The summed E-state index contributed by atoms with van der Waals surface area (Å²) in [6, 6.07) is 5.57. The number of nitrogens with zero attached hydrogens (tertiary/aromatic N) is 5. The fraction of sp³-hybridized carbons (Fsp3) is 0.412. The van der Waals surface area contributed by atoms with E-state index in [0.29, 0.717) is 31.0 Å². The summed E-state index contributed by atoms with van der Waals surface area (Å²) in [4.78, 5) is 32.0. The summed E-state index contributed by atoms with van der Waals surface area (Å²) in [6.45, 7) is 4.73. The third-order valence-corrected chi connectivity index (χ3v) is 4.36. The molecule has 1 fully saturated rings. The minimum absolute atomic E-state index is 0.0411. The molecule has 3 heterocycles. The average Bonchev–Trinajstić information content (AvgIpc) is 2.83. The van der Waals surface area contributed by atoms with Crippen molar-refractivity contribution in [3.8, 4) is 5.82 Å². The molecular formula is C17H22N6O2. The molecule has 2 aromatic rings. The number of nitrogens with two attached hydrogens (primary N) is 1. The number of carbonyl (C=O) groups excluding carboxylic acids is 2. The van der Waals surface area contributed by atoms with E-state index in [1.807, 2.05) is 34.9 Å². The summed E-state index contributed by atoms with van der Waals surface area (Å²) in [5.41, 5.74) is 6.60. The number of pyridine rings is 1. The normalized spacial score (nSPS) is 15.8. The van der Waals surface area contributed by atoms with Crippen LogP contribution in [0.15, 0.2) is 30.6 Å².